The van der Waals surface area contributed by atoms with Crippen LogP contribution in [0.4, 0.5) is 15.6 Å². The van der Waals surface area contributed by atoms with Crippen molar-refractivity contribution in [3.63, 3.8) is 0 Å². The van der Waals surface area contributed by atoms with E-state index in [-0.39, 0.29) is 6.03 Å². The third-order valence-corrected chi connectivity index (χ3v) is 5.24. The van der Waals surface area contributed by atoms with Crippen LogP contribution in [-0.4, -0.2) is 49.2 Å². The third-order valence-electron chi connectivity index (χ3n) is 4.22. The number of methoxy groups -OCH3 is 1. The molecule has 1 N–H and O–H groups in total. The Morgan fingerprint density at radius 2 is 2.12 bits per heavy atom. The molecular formula is C18H24N4O2S. The Hall–Kier alpha value is -2.12. The monoisotopic (exact) mass is 360 g/mol. The summed E-state index contributed by atoms with van der Waals surface area (Å²) in [6, 6.07) is 7.69. The molecule has 7 heteroatoms. The summed E-state index contributed by atoms with van der Waals surface area (Å²) >= 11 is 1.67. The van der Waals surface area contributed by atoms with Crippen molar-refractivity contribution in [3.05, 3.63) is 40.9 Å². The normalized spacial score (nSPS) is 15.1. The lowest BCUT2D eigenvalue weighted by Gasteiger charge is -2.22. The summed E-state index contributed by atoms with van der Waals surface area (Å²) in [4.78, 5) is 21.4. The fourth-order valence-electron chi connectivity index (χ4n) is 2.92. The number of amides is 2. The first-order valence-corrected chi connectivity index (χ1v) is 9.35. The highest BCUT2D eigenvalue weighted by Crippen LogP contribution is 2.22. The summed E-state index contributed by atoms with van der Waals surface area (Å²) in [5.74, 6) is 0. The molecule has 0 saturated carbocycles. The van der Waals surface area contributed by atoms with Gasteiger partial charge in [0.1, 0.15) is 0 Å². The lowest BCUT2D eigenvalue weighted by Crippen LogP contribution is -2.38. The summed E-state index contributed by atoms with van der Waals surface area (Å²) in [5.41, 5.74) is 2.84. The zero-order valence-corrected chi connectivity index (χ0v) is 15.5. The summed E-state index contributed by atoms with van der Waals surface area (Å²) in [6.07, 6.45) is 0.936. The van der Waals surface area contributed by atoms with Gasteiger partial charge in [-0.25, -0.2) is 9.78 Å². The van der Waals surface area contributed by atoms with Crippen molar-refractivity contribution < 1.29 is 9.53 Å². The van der Waals surface area contributed by atoms with Crippen molar-refractivity contribution in [2.75, 3.05) is 43.5 Å². The summed E-state index contributed by atoms with van der Waals surface area (Å²) in [5, 5.41) is 6.14. The minimum atomic E-state index is -0.0549. The summed E-state index contributed by atoms with van der Waals surface area (Å²) < 4.78 is 5.20. The van der Waals surface area contributed by atoms with E-state index in [0.29, 0.717) is 13.2 Å². The Kier molecular flexibility index (Phi) is 5.88. The highest BCUT2D eigenvalue weighted by atomic mass is 32.1. The van der Waals surface area contributed by atoms with E-state index in [1.54, 1.807) is 18.4 Å². The van der Waals surface area contributed by atoms with Gasteiger partial charge in [0.2, 0.25) is 0 Å². The molecule has 1 aromatic carbocycles. The average Bonchev–Trinajstić information content (AvgIpc) is 2.89. The molecule has 6 nitrogen and oxygen atoms in total. The second kappa shape index (κ2) is 8.31. The number of carbonyl (C=O) groups excluding carboxylic acids is 1. The molecule has 0 unspecified atom stereocenters. The number of urea groups is 1. The van der Waals surface area contributed by atoms with Gasteiger partial charge in [0.15, 0.2) is 5.13 Å². The Balaban J connectivity index is 1.61. The second-order valence-electron chi connectivity index (χ2n) is 6.12. The van der Waals surface area contributed by atoms with E-state index in [2.05, 4.69) is 20.6 Å². The van der Waals surface area contributed by atoms with Crippen LogP contribution in [0, 0.1) is 6.92 Å². The number of ether oxygens (including phenoxy) is 1. The van der Waals surface area contributed by atoms with Gasteiger partial charge in [-0.2, -0.15) is 0 Å². The lowest BCUT2D eigenvalue weighted by molar-refractivity contribution is 0.185. The zero-order chi connectivity index (χ0) is 17.6. The van der Waals surface area contributed by atoms with Gasteiger partial charge in [-0.05, 0) is 19.4 Å². The van der Waals surface area contributed by atoms with Crippen LogP contribution in [0.5, 0.6) is 0 Å². The number of para-hydroxylation sites is 1. The van der Waals surface area contributed by atoms with Crippen LogP contribution in [0.15, 0.2) is 29.6 Å². The Labute approximate surface area is 152 Å². The van der Waals surface area contributed by atoms with Gasteiger partial charge in [0, 0.05) is 49.9 Å². The van der Waals surface area contributed by atoms with Gasteiger partial charge in [-0.15, -0.1) is 11.3 Å². The fraction of sp³-hybridized carbons (Fsp3) is 0.444. The quantitative estimate of drug-likeness (QED) is 0.908. The minimum Gasteiger partial charge on any atom is -0.380 e. The van der Waals surface area contributed by atoms with Crippen molar-refractivity contribution in [3.8, 4) is 0 Å². The number of nitrogens with one attached hydrogen (secondary N) is 1. The maximum Gasteiger partial charge on any atom is 0.321 e. The standard InChI is InChI=1S/C18H24N4O2S/c1-14-13-25-18(19-14)22-9-5-8-21(10-11-22)17(23)20-16-7-4-3-6-15(16)12-24-2/h3-4,6-7,13H,5,8-12H2,1-2H3,(H,20,23). The van der Waals surface area contributed by atoms with Crippen molar-refractivity contribution >= 4 is 28.2 Å². The van der Waals surface area contributed by atoms with E-state index in [1.807, 2.05) is 36.1 Å². The maximum atomic E-state index is 12.7. The van der Waals surface area contributed by atoms with E-state index in [4.69, 9.17) is 4.74 Å². The van der Waals surface area contributed by atoms with Gasteiger partial charge in [0.25, 0.3) is 0 Å². The number of hydrogen-bond donors (Lipinski definition) is 1. The highest BCUT2D eigenvalue weighted by Gasteiger charge is 2.21. The lowest BCUT2D eigenvalue weighted by atomic mass is 10.2. The molecule has 3 rings (SSSR count). The zero-order valence-electron chi connectivity index (χ0n) is 14.7. The molecule has 0 bridgehead atoms. The number of anilines is 2. The van der Waals surface area contributed by atoms with Crippen molar-refractivity contribution in [1.29, 1.82) is 0 Å². The van der Waals surface area contributed by atoms with Crippen LogP contribution < -0.4 is 10.2 Å². The Bertz CT molecular complexity index is 719. The predicted molar refractivity (Wildman–Crippen MR) is 101 cm³/mol. The molecule has 2 aromatic rings. The molecule has 2 amide bonds. The molecule has 2 heterocycles. The molecule has 134 valence electrons. The predicted octanol–water partition coefficient (Wildman–Crippen LogP) is 3.34. The smallest absolute Gasteiger partial charge is 0.321 e. The van der Waals surface area contributed by atoms with Gasteiger partial charge in [-0.1, -0.05) is 18.2 Å². The van der Waals surface area contributed by atoms with Crippen LogP contribution in [0.2, 0.25) is 0 Å². The number of carbonyl (C=O) groups is 1. The minimum absolute atomic E-state index is 0.0549. The molecule has 1 aliphatic heterocycles. The Morgan fingerprint density at radius 1 is 1.28 bits per heavy atom. The first-order valence-electron chi connectivity index (χ1n) is 8.47. The largest absolute Gasteiger partial charge is 0.380 e. The van der Waals surface area contributed by atoms with Crippen LogP contribution in [-0.2, 0) is 11.3 Å². The molecule has 25 heavy (non-hydrogen) atoms. The molecule has 0 atom stereocenters. The number of hydrogen-bond acceptors (Lipinski definition) is 5. The van der Waals surface area contributed by atoms with Gasteiger partial charge in [-0.3, -0.25) is 0 Å². The number of aromatic nitrogens is 1. The average molecular weight is 360 g/mol. The molecule has 0 aliphatic carbocycles. The number of rotatable bonds is 4. The number of aryl methyl sites for hydroxylation is 1. The van der Waals surface area contributed by atoms with E-state index >= 15 is 0 Å². The van der Waals surface area contributed by atoms with Crippen LogP contribution in [0.3, 0.4) is 0 Å². The number of nitrogens with zero attached hydrogens (tertiary/aromatic N) is 3. The highest BCUT2D eigenvalue weighted by molar-refractivity contribution is 7.13. The van der Waals surface area contributed by atoms with Crippen molar-refractivity contribution in [1.82, 2.24) is 9.88 Å². The SMILES string of the molecule is COCc1ccccc1NC(=O)N1CCCN(c2nc(C)cs2)CC1. The van der Waals surface area contributed by atoms with Crippen molar-refractivity contribution in [2.24, 2.45) is 0 Å². The van der Waals surface area contributed by atoms with Gasteiger partial charge >= 0.3 is 6.03 Å². The molecule has 0 spiro atoms. The summed E-state index contributed by atoms with van der Waals surface area (Å²) in [7, 11) is 1.66. The van der Waals surface area contributed by atoms with Crippen LogP contribution >= 0.6 is 11.3 Å². The molecule has 1 aromatic heterocycles. The van der Waals surface area contributed by atoms with E-state index in [1.165, 1.54) is 0 Å². The molecule has 1 aliphatic rings. The topological polar surface area (TPSA) is 57.7 Å². The maximum absolute atomic E-state index is 12.7. The molecule has 0 radical (unpaired) electrons. The molecule has 1 fully saturated rings. The molecular weight excluding hydrogens is 336 g/mol. The van der Waals surface area contributed by atoms with E-state index in [0.717, 1.165) is 48.1 Å². The summed E-state index contributed by atoms with van der Waals surface area (Å²) in [6.45, 7) is 5.66. The first-order chi connectivity index (χ1) is 12.2. The number of benzene rings is 1. The molecule has 1 saturated heterocycles. The van der Waals surface area contributed by atoms with E-state index in [9.17, 15) is 4.79 Å². The van der Waals surface area contributed by atoms with Crippen LogP contribution in [0.1, 0.15) is 17.7 Å². The van der Waals surface area contributed by atoms with Crippen LogP contribution in [0.25, 0.3) is 0 Å². The number of thiazole rings is 1. The second-order valence-corrected chi connectivity index (χ2v) is 6.96. The van der Waals surface area contributed by atoms with Gasteiger partial charge < -0.3 is 19.9 Å². The van der Waals surface area contributed by atoms with E-state index < -0.39 is 0 Å². The fourth-order valence-corrected chi connectivity index (χ4v) is 3.77. The van der Waals surface area contributed by atoms with Gasteiger partial charge in [0.05, 0.1) is 12.3 Å². The van der Waals surface area contributed by atoms with Crippen molar-refractivity contribution in [2.45, 2.75) is 20.0 Å². The Morgan fingerprint density at radius 3 is 2.88 bits per heavy atom. The first kappa shape index (κ1) is 17.7. The third kappa shape index (κ3) is 4.49.